The summed E-state index contributed by atoms with van der Waals surface area (Å²) >= 11 is 0. The molecule has 10 heavy (non-hydrogen) atoms. The molecule has 4 nitrogen and oxygen atoms in total. The van der Waals surface area contributed by atoms with E-state index in [0.717, 1.165) is 19.3 Å². The van der Waals surface area contributed by atoms with Gasteiger partial charge in [-0.2, -0.15) is 14.9 Å². The zero-order valence-electron chi connectivity index (χ0n) is 5.54. The number of rotatable bonds is 0. The minimum absolute atomic E-state index is 0.646. The van der Waals surface area contributed by atoms with Crippen molar-refractivity contribution >= 4 is 6.01 Å². The smallest absolute Gasteiger partial charge is 0.232 e. The quantitative estimate of drug-likeness (QED) is 0.470. The first-order valence-electron chi connectivity index (χ1n) is 3.41. The molecular formula is C6H8N2O2. The Hall–Kier alpha value is -0.700. The van der Waals surface area contributed by atoms with Crippen LogP contribution in [0.25, 0.3) is 0 Å². The fourth-order valence-electron chi connectivity index (χ4n) is 1.00. The van der Waals surface area contributed by atoms with Crippen LogP contribution in [0.1, 0.15) is 19.3 Å². The highest BCUT2D eigenvalue weighted by Crippen LogP contribution is 2.28. The lowest BCUT2D eigenvalue weighted by Gasteiger charge is -2.21. The van der Waals surface area contributed by atoms with E-state index in [1.54, 1.807) is 0 Å². The Morgan fingerprint density at radius 3 is 2.90 bits per heavy atom. The third-order valence-corrected chi connectivity index (χ3v) is 1.62. The highest BCUT2D eigenvalue weighted by Gasteiger charge is 2.36. The Balaban J connectivity index is 2.02. The van der Waals surface area contributed by atoms with E-state index in [4.69, 9.17) is 9.78 Å². The van der Waals surface area contributed by atoms with Gasteiger partial charge < -0.3 is 0 Å². The molecule has 0 unspecified atom stereocenters. The summed E-state index contributed by atoms with van der Waals surface area (Å²) < 4.78 is 0. The molecule has 2 aliphatic heterocycles. The molecule has 0 atom stereocenters. The normalized spacial score (nSPS) is 28.0. The Morgan fingerprint density at radius 1 is 1.30 bits per heavy atom. The Bertz CT molecular complexity index is 178. The zero-order valence-corrected chi connectivity index (χ0v) is 5.54. The molecule has 0 aromatic rings. The zero-order chi connectivity index (χ0) is 6.86. The fourth-order valence-corrected chi connectivity index (χ4v) is 1.00. The summed E-state index contributed by atoms with van der Waals surface area (Å²) in [5, 5.41) is 0. The molecule has 2 aliphatic rings. The van der Waals surface area contributed by atoms with E-state index in [0.29, 0.717) is 6.61 Å². The highest BCUT2D eigenvalue weighted by molar-refractivity contribution is 5.48. The van der Waals surface area contributed by atoms with Gasteiger partial charge in [-0.3, -0.25) is 0 Å². The summed E-state index contributed by atoms with van der Waals surface area (Å²) in [6.07, 6.45) is 2.89. The number of nitrogens with zero attached hydrogens (tertiary/aromatic N) is 2. The third kappa shape index (κ3) is 0.865. The molecule has 1 fully saturated rings. The van der Waals surface area contributed by atoms with Gasteiger partial charge in [0.25, 0.3) is 0 Å². The maximum atomic E-state index is 4.93. The Labute approximate surface area is 58.5 Å². The van der Waals surface area contributed by atoms with E-state index < -0.39 is 5.85 Å². The van der Waals surface area contributed by atoms with Crippen molar-refractivity contribution in [1.82, 2.24) is 0 Å². The minimum atomic E-state index is -0.698. The molecule has 0 amide bonds. The molecule has 4 heteroatoms. The third-order valence-electron chi connectivity index (χ3n) is 1.62. The van der Waals surface area contributed by atoms with Crippen LogP contribution in [-0.4, -0.2) is 18.5 Å². The Kier molecular flexibility index (Phi) is 1.31. The van der Waals surface area contributed by atoms with Crippen molar-refractivity contribution in [3.05, 3.63) is 0 Å². The standard InChI is InChI=1S/C6H8N2O2/c1-2-4-9-10-6(3-1)7-5-8-6/h1-4H2. The first-order chi connectivity index (χ1) is 4.91. The monoisotopic (exact) mass is 140 g/mol. The molecule has 0 aromatic carbocycles. The van der Waals surface area contributed by atoms with Crippen LogP contribution in [0, 0.1) is 0 Å². The van der Waals surface area contributed by atoms with Crippen molar-refractivity contribution in [2.75, 3.05) is 6.61 Å². The number of hydrogen-bond acceptors (Lipinski definition) is 4. The van der Waals surface area contributed by atoms with Gasteiger partial charge in [-0.15, -0.1) is 0 Å². The van der Waals surface area contributed by atoms with Gasteiger partial charge in [0.2, 0.25) is 0 Å². The van der Waals surface area contributed by atoms with E-state index in [1.807, 2.05) is 0 Å². The van der Waals surface area contributed by atoms with E-state index >= 15 is 0 Å². The van der Waals surface area contributed by atoms with Gasteiger partial charge in [-0.05, 0) is 12.8 Å². The van der Waals surface area contributed by atoms with Gasteiger partial charge in [-0.1, -0.05) is 0 Å². The molecule has 0 aliphatic carbocycles. The van der Waals surface area contributed by atoms with Crippen molar-refractivity contribution in [3.8, 4) is 0 Å². The van der Waals surface area contributed by atoms with E-state index in [-0.39, 0.29) is 0 Å². The summed E-state index contributed by atoms with van der Waals surface area (Å²) in [6, 6.07) is 2.44. The van der Waals surface area contributed by atoms with Crippen LogP contribution in [0.2, 0.25) is 0 Å². The first-order valence-corrected chi connectivity index (χ1v) is 3.41. The summed E-state index contributed by atoms with van der Waals surface area (Å²) in [6.45, 7) is 0.646. The molecule has 2 heterocycles. The van der Waals surface area contributed by atoms with Crippen LogP contribution in [0.15, 0.2) is 9.98 Å². The van der Waals surface area contributed by atoms with Gasteiger partial charge in [0.15, 0.2) is 0 Å². The van der Waals surface area contributed by atoms with Crippen molar-refractivity contribution in [1.29, 1.82) is 0 Å². The van der Waals surface area contributed by atoms with Crippen LogP contribution in [-0.2, 0) is 9.78 Å². The molecule has 1 spiro atoms. The second kappa shape index (κ2) is 2.16. The summed E-state index contributed by atoms with van der Waals surface area (Å²) in [7, 11) is 0. The van der Waals surface area contributed by atoms with Crippen LogP contribution < -0.4 is 0 Å². The molecular weight excluding hydrogens is 132 g/mol. The van der Waals surface area contributed by atoms with Crippen LogP contribution >= 0.6 is 0 Å². The first kappa shape index (κ1) is 6.04. The SMILES string of the molecule is C1=NC2(CCCCOO2)N=1. The lowest BCUT2D eigenvalue weighted by Crippen LogP contribution is -2.30. The maximum Gasteiger partial charge on any atom is 0.303 e. The van der Waals surface area contributed by atoms with Crippen LogP contribution in [0.3, 0.4) is 0 Å². The van der Waals surface area contributed by atoms with Gasteiger partial charge in [-0.25, -0.2) is 4.89 Å². The van der Waals surface area contributed by atoms with Crippen molar-refractivity contribution in [2.45, 2.75) is 25.1 Å². The summed E-state index contributed by atoms with van der Waals surface area (Å²) in [4.78, 5) is 17.5. The maximum absolute atomic E-state index is 4.93. The summed E-state index contributed by atoms with van der Waals surface area (Å²) in [5.41, 5.74) is 0. The summed E-state index contributed by atoms with van der Waals surface area (Å²) in [5.74, 6) is -0.698. The predicted octanol–water partition coefficient (Wildman–Crippen LogP) is 0.960. The Morgan fingerprint density at radius 2 is 2.20 bits per heavy atom. The average molecular weight is 140 g/mol. The van der Waals surface area contributed by atoms with Crippen LogP contribution in [0.4, 0.5) is 0 Å². The molecule has 0 bridgehead atoms. The number of hydrogen-bond donors (Lipinski definition) is 0. The van der Waals surface area contributed by atoms with Gasteiger partial charge in [0, 0.05) is 6.42 Å². The average Bonchev–Trinajstić information content (AvgIpc) is 2.08. The molecule has 54 valence electrons. The second-order valence-corrected chi connectivity index (χ2v) is 2.43. The fraction of sp³-hybridized carbons (Fsp3) is 0.833. The van der Waals surface area contributed by atoms with Gasteiger partial charge in [0.05, 0.1) is 12.6 Å². The lowest BCUT2D eigenvalue weighted by molar-refractivity contribution is -0.354. The molecule has 0 N–H and O–H groups in total. The minimum Gasteiger partial charge on any atom is -0.232 e. The van der Waals surface area contributed by atoms with Crippen LogP contribution in [0.5, 0.6) is 0 Å². The highest BCUT2D eigenvalue weighted by atomic mass is 17.2. The van der Waals surface area contributed by atoms with Gasteiger partial charge >= 0.3 is 5.85 Å². The molecule has 0 radical (unpaired) electrons. The largest absolute Gasteiger partial charge is 0.303 e. The number of aliphatic imine (C=N–C) groups is 2. The molecule has 2 rings (SSSR count). The van der Waals surface area contributed by atoms with E-state index in [1.165, 1.54) is 0 Å². The molecule has 0 aromatic heterocycles. The van der Waals surface area contributed by atoms with E-state index in [9.17, 15) is 0 Å². The van der Waals surface area contributed by atoms with Crippen molar-refractivity contribution < 1.29 is 9.78 Å². The predicted molar refractivity (Wildman–Crippen MR) is 33.5 cm³/mol. The lowest BCUT2D eigenvalue weighted by atomic mass is 10.2. The van der Waals surface area contributed by atoms with Gasteiger partial charge in [0.1, 0.15) is 0 Å². The van der Waals surface area contributed by atoms with E-state index in [2.05, 4.69) is 16.0 Å². The molecule has 0 saturated carbocycles. The van der Waals surface area contributed by atoms with Crippen molar-refractivity contribution in [3.63, 3.8) is 0 Å². The topological polar surface area (TPSA) is 43.2 Å². The second-order valence-electron chi connectivity index (χ2n) is 2.43. The van der Waals surface area contributed by atoms with Crippen molar-refractivity contribution in [2.24, 2.45) is 9.98 Å². The molecule has 1 saturated heterocycles.